The van der Waals surface area contributed by atoms with Gasteiger partial charge in [0, 0.05) is 12.8 Å². The minimum atomic E-state index is -5.87. The van der Waals surface area contributed by atoms with Crippen LogP contribution in [0.3, 0.4) is 0 Å². The van der Waals surface area contributed by atoms with Gasteiger partial charge in [0.25, 0.3) is 0 Å². The van der Waals surface area contributed by atoms with Crippen molar-refractivity contribution in [2.75, 3.05) is 24.2 Å². The molecule has 4 unspecified atom stereocenters. The molecule has 4 heterocycles. The summed E-state index contributed by atoms with van der Waals surface area (Å²) in [7, 11) is -22.0. The third kappa shape index (κ3) is 8.38. The molecular formula is C22H28N10O13P4. The lowest BCUT2D eigenvalue weighted by atomic mass is 10.2. The van der Waals surface area contributed by atoms with E-state index in [1.165, 1.54) is 25.3 Å². The molecule has 4 aromatic rings. The van der Waals surface area contributed by atoms with Gasteiger partial charge in [-0.25, -0.2) is 47.7 Å². The van der Waals surface area contributed by atoms with Crippen molar-refractivity contribution in [3.63, 3.8) is 0 Å². The first kappa shape index (κ1) is 35.6. The van der Waals surface area contributed by atoms with E-state index < -0.39 is 55.7 Å². The fraction of sp³-hybridized carbons (Fsp3) is 0.364. The van der Waals surface area contributed by atoms with Crippen molar-refractivity contribution in [1.82, 2.24) is 39.0 Å². The molecule has 6 rings (SSSR count). The van der Waals surface area contributed by atoms with Crippen LogP contribution in [0.15, 0.2) is 49.6 Å². The molecule has 4 aromatic heterocycles. The molecule has 0 saturated heterocycles. The molecule has 0 aromatic carbocycles. The third-order valence-electron chi connectivity index (χ3n) is 7.10. The summed E-state index contributed by atoms with van der Waals surface area (Å²) in [6.07, 6.45) is 8.67. The molecule has 264 valence electrons. The number of ether oxygens (including phenoxy) is 2. The Bertz CT molecular complexity index is 1990. The predicted molar refractivity (Wildman–Crippen MR) is 167 cm³/mol. The molecule has 23 nitrogen and oxygen atoms in total. The topological polar surface area (TPSA) is 335 Å². The average molecular weight is 764 g/mol. The molecule has 0 fully saturated rings. The molecule has 27 heteroatoms. The zero-order chi connectivity index (χ0) is 35.2. The van der Waals surface area contributed by atoms with Crippen LogP contribution in [0, 0.1) is 0 Å². The Morgan fingerprint density at radius 3 is 1.45 bits per heavy atom. The number of allylic oxidation sites excluding steroid dienone is 2. The van der Waals surface area contributed by atoms with E-state index in [1.54, 1.807) is 33.4 Å². The average Bonchev–Trinajstić information content (AvgIpc) is 3.79. The fourth-order valence-corrected chi connectivity index (χ4v) is 10.6. The van der Waals surface area contributed by atoms with Crippen molar-refractivity contribution < 1.29 is 60.2 Å². The quantitative estimate of drug-likeness (QED) is 0.0791. The van der Waals surface area contributed by atoms with E-state index in [0.29, 0.717) is 22.3 Å². The van der Waals surface area contributed by atoms with Gasteiger partial charge in [0.1, 0.15) is 36.4 Å². The summed E-state index contributed by atoms with van der Waals surface area (Å²) >= 11 is 0. The summed E-state index contributed by atoms with van der Waals surface area (Å²) in [6, 6.07) is -0.687. The number of aromatic nitrogens is 8. The second-order valence-corrected chi connectivity index (χ2v) is 17.6. The molecule has 49 heavy (non-hydrogen) atoms. The second-order valence-electron chi connectivity index (χ2n) is 10.7. The highest BCUT2D eigenvalue weighted by atomic mass is 31.3. The van der Waals surface area contributed by atoms with Crippen molar-refractivity contribution in [2.45, 2.75) is 37.1 Å². The molecular weight excluding hydrogens is 736 g/mol. The number of nitrogen functional groups attached to an aromatic ring is 2. The molecule has 8 atom stereocenters. The predicted octanol–water partition coefficient (Wildman–Crippen LogP) is 2.14. The molecule has 2 aliphatic carbocycles. The monoisotopic (exact) mass is 764 g/mol. The highest BCUT2D eigenvalue weighted by molar-refractivity contribution is 7.71. The van der Waals surface area contributed by atoms with Crippen molar-refractivity contribution in [2.24, 2.45) is 0 Å². The van der Waals surface area contributed by atoms with Gasteiger partial charge in [0.05, 0.1) is 36.9 Å². The number of fused-ring (bicyclic) bond motifs is 2. The van der Waals surface area contributed by atoms with Crippen LogP contribution in [-0.2, 0) is 40.7 Å². The standard InChI is InChI=1S/C22H28N10O13P4/c23-19-17-21(27-7-25-19)31(9-29-17)13-1-3-15(5-13)41-11-46(33,34)43-48(37,38)45-49(39,40)44-47(35,36)12-42-16-4-2-14(6-16)32-10-30-18-20(24)26-8-28-22(18)32/h1-4,7-10,13-16H,5-6,11-12H2,(H,33,34)(H,35,36)(H,37,38)(H,39,40)(H2,23,25,27)(H2,24,26,28)/t13-,14-,15+,16+/m0/s1. The van der Waals surface area contributed by atoms with Crippen LogP contribution in [-0.4, -0.2) is 83.5 Å². The smallest absolute Gasteiger partial charge is 0.382 e. The number of rotatable bonds is 14. The molecule has 0 saturated carbocycles. The van der Waals surface area contributed by atoms with E-state index in [1.807, 2.05) is 0 Å². The van der Waals surface area contributed by atoms with Crippen molar-refractivity contribution >= 4 is 64.8 Å². The summed E-state index contributed by atoms with van der Waals surface area (Å²) in [5.41, 5.74) is 13.2. The first-order valence-corrected chi connectivity index (χ1v) is 20.4. The third-order valence-corrected chi connectivity index (χ3v) is 13.4. The summed E-state index contributed by atoms with van der Waals surface area (Å²) in [5.74, 6) is 0.360. The highest BCUT2D eigenvalue weighted by Gasteiger charge is 2.45. The Morgan fingerprint density at radius 1 is 0.633 bits per heavy atom. The first-order valence-electron chi connectivity index (χ1n) is 13.9. The van der Waals surface area contributed by atoms with E-state index in [4.69, 9.17) is 20.9 Å². The van der Waals surface area contributed by atoms with E-state index in [2.05, 4.69) is 42.8 Å². The van der Waals surface area contributed by atoms with Gasteiger partial charge in [-0.15, -0.1) is 0 Å². The number of hydrogen-bond donors (Lipinski definition) is 6. The van der Waals surface area contributed by atoms with E-state index in [9.17, 15) is 37.8 Å². The SMILES string of the molecule is Nc1ncnc2c1ncn2[C@H]1C=C[C@@H](OCP(=O)(O)OP(=O)(O)OP(=O)(O)OP(=O)(O)CO[C@@H]2C=C[C@H](n3cnc4c(N)ncnc43)C2)C1. The fourth-order valence-electron chi connectivity index (χ4n) is 5.09. The molecule has 0 bridgehead atoms. The lowest BCUT2D eigenvalue weighted by Crippen LogP contribution is -2.13. The summed E-state index contributed by atoms with van der Waals surface area (Å²) in [5, 5.41) is 0. The Hall–Kier alpha value is -3.26. The van der Waals surface area contributed by atoms with E-state index in [-0.39, 0.29) is 36.6 Å². The van der Waals surface area contributed by atoms with Crippen LogP contribution in [0.25, 0.3) is 22.3 Å². The lowest BCUT2D eigenvalue weighted by Gasteiger charge is -2.21. The maximum absolute atomic E-state index is 12.5. The summed E-state index contributed by atoms with van der Waals surface area (Å²) in [6.45, 7) is 0. The van der Waals surface area contributed by atoms with Crippen molar-refractivity contribution in [3.8, 4) is 0 Å². The maximum atomic E-state index is 12.5. The number of phosphoric acid groups is 2. The number of nitrogens with zero attached hydrogens (tertiary/aromatic N) is 8. The minimum Gasteiger partial charge on any atom is -0.382 e. The largest absolute Gasteiger partial charge is 0.488 e. The Balaban J connectivity index is 0.966. The van der Waals surface area contributed by atoms with Crippen LogP contribution in [0.5, 0.6) is 0 Å². The summed E-state index contributed by atoms with van der Waals surface area (Å²) < 4.78 is 76.1. The van der Waals surface area contributed by atoms with Gasteiger partial charge in [0.15, 0.2) is 22.9 Å². The van der Waals surface area contributed by atoms with Crippen LogP contribution >= 0.6 is 30.8 Å². The molecule has 2 aliphatic rings. The van der Waals surface area contributed by atoms with Gasteiger partial charge >= 0.3 is 30.8 Å². The van der Waals surface area contributed by atoms with Gasteiger partial charge in [-0.2, -0.15) is 4.31 Å². The Labute approximate surface area is 274 Å². The van der Waals surface area contributed by atoms with Gasteiger partial charge in [-0.3, -0.25) is 9.13 Å². The molecule has 0 amide bonds. The Morgan fingerprint density at radius 2 is 1.04 bits per heavy atom. The van der Waals surface area contributed by atoms with Crippen molar-refractivity contribution in [3.05, 3.63) is 49.6 Å². The van der Waals surface area contributed by atoms with Gasteiger partial charge in [-0.1, -0.05) is 24.3 Å². The molecule has 8 N–H and O–H groups in total. The second kappa shape index (κ2) is 13.5. The number of hydrogen-bond acceptors (Lipinski definition) is 17. The molecule has 0 radical (unpaired) electrons. The van der Waals surface area contributed by atoms with Gasteiger partial charge < -0.3 is 49.6 Å². The van der Waals surface area contributed by atoms with E-state index in [0.717, 1.165) is 0 Å². The van der Waals surface area contributed by atoms with Crippen LogP contribution in [0.1, 0.15) is 24.9 Å². The maximum Gasteiger partial charge on any atom is 0.488 e. The van der Waals surface area contributed by atoms with Crippen LogP contribution in [0.2, 0.25) is 0 Å². The minimum absolute atomic E-state index is 0.180. The summed E-state index contributed by atoms with van der Waals surface area (Å²) in [4.78, 5) is 64.4. The normalized spacial score (nSPS) is 25.7. The molecule has 0 spiro atoms. The zero-order valence-corrected chi connectivity index (χ0v) is 28.3. The van der Waals surface area contributed by atoms with E-state index >= 15 is 0 Å². The van der Waals surface area contributed by atoms with Crippen LogP contribution in [0.4, 0.5) is 11.6 Å². The highest BCUT2D eigenvalue weighted by Crippen LogP contribution is 2.71. The zero-order valence-electron chi connectivity index (χ0n) is 24.7. The number of imidazole rings is 2. The van der Waals surface area contributed by atoms with Gasteiger partial charge in [0.2, 0.25) is 0 Å². The first-order chi connectivity index (χ1) is 23.0. The van der Waals surface area contributed by atoms with Crippen molar-refractivity contribution in [1.29, 1.82) is 0 Å². The number of anilines is 2. The number of nitrogens with two attached hydrogens (primary N) is 2. The molecule has 0 aliphatic heterocycles. The van der Waals surface area contributed by atoms with Crippen LogP contribution < -0.4 is 11.5 Å². The van der Waals surface area contributed by atoms with Gasteiger partial charge in [-0.05, 0) is 0 Å². The Kier molecular flexibility index (Phi) is 9.77. The lowest BCUT2D eigenvalue weighted by molar-refractivity contribution is 0.0992.